The predicted octanol–water partition coefficient (Wildman–Crippen LogP) is 1.86. The monoisotopic (exact) mass is 289 g/mol. The molecule has 0 spiro atoms. The average Bonchev–Trinajstić information content (AvgIpc) is 2.77. The van der Waals surface area contributed by atoms with E-state index in [1.165, 1.54) is 16.4 Å². The van der Waals surface area contributed by atoms with Crippen LogP contribution in [0.15, 0.2) is 23.1 Å². The quantitative estimate of drug-likeness (QED) is 0.924. The molecule has 1 unspecified atom stereocenters. The second kappa shape index (κ2) is 5.17. The molecule has 18 heavy (non-hydrogen) atoms. The summed E-state index contributed by atoms with van der Waals surface area (Å²) in [5.74, 6) is 0.375. The average molecular weight is 290 g/mol. The van der Waals surface area contributed by atoms with Crippen LogP contribution >= 0.6 is 11.6 Å². The Bertz CT molecular complexity index is 544. The molecule has 1 saturated heterocycles. The van der Waals surface area contributed by atoms with Crippen LogP contribution in [0.25, 0.3) is 0 Å². The van der Waals surface area contributed by atoms with Gasteiger partial charge in [0.2, 0.25) is 10.0 Å². The third-order valence-corrected chi connectivity index (χ3v) is 5.53. The highest BCUT2D eigenvalue weighted by Gasteiger charge is 2.32. The molecular formula is C12H16ClNO3S. The Morgan fingerprint density at radius 3 is 2.78 bits per heavy atom. The molecule has 1 aromatic rings. The standard InChI is InChI=1S/C12H16ClNO3S/c1-9-4-5-14(7-9)18(16,17)12-6-10(8-15)2-3-11(12)13/h2-3,6,9,15H,4-5,7-8H2,1H3. The highest BCUT2D eigenvalue weighted by Crippen LogP contribution is 2.29. The van der Waals surface area contributed by atoms with Crippen molar-refractivity contribution in [3.05, 3.63) is 28.8 Å². The van der Waals surface area contributed by atoms with Gasteiger partial charge in [-0.2, -0.15) is 4.31 Å². The van der Waals surface area contributed by atoms with E-state index in [1.807, 2.05) is 6.92 Å². The van der Waals surface area contributed by atoms with E-state index in [-0.39, 0.29) is 16.5 Å². The Morgan fingerprint density at radius 2 is 2.22 bits per heavy atom. The third kappa shape index (κ3) is 2.54. The first kappa shape index (κ1) is 13.8. The Balaban J connectivity index is 2.40. The number of halogens is 1. The Labute approximate surface area is 112 Å². The van der Waals surface area contributed by atoms with Crippen LogP contribution in [0, 0.1) is 5.92 Å². The molecule has 0 saturated carbocycles. The first-order valence-corrected chi connectivity index (χ1v) is 7.66. The van der Waals surface area contributed by atoms with Gasteiger partial charge in [0.05, 0.1) is 11.6 Å². The van der Waals surface area contributed by atoms with Crippen LogP contribution in [-0.2, 0) is 16.6 Å². The zero-order valence-corrected chi connectivity index (χ0v) is 11.7. The zero-order valence-electron chi connectivity index (χ0n) is 10.1. The van der Waals surface area contributed by atoms with Gasteiger partial charge in [0.1, 0.15) is 4.90 Å². The van der Waals surface area contributed by atoms with Gasteiger partial charge < -0.3 is 5.11 Å². The van der Waals surface area contributed by atoms with E-state index in [0.717, 1.165) is 6.42 Å². The summed E-state index contributed by atoms with van der Waals surface area (Å²) in [7, 11) is -3.54. The van der Waals surface area contributed by atoms with E-state index in [1.54, 1.807) is 6.07 Å². The topological polar surface area (TPSA) is 57.6 Å². The fraction of sp³-hybridized carbons (Fsp3) is 0.500. The van der Waals surface area contributed by atoms with Gasteiger partial charge in [0, 0.05) is 13.1 Å². The number of benzene rings is 1. The van der Waals surface area contributed by atoms with Crippen molar-refractivity contribution in [3.8, 4) is 0 Å². The van der Waals surface area contributed by atoms with Crippen LogP contribution in [0.5, 0.6) is 0 Å². The van der Waals surface area contributed by atoms with Crippen molar-refractivity contribution in [2.45, 2.75) is 24.8 Å². The molecule has 1 aliphatic rings. The van der Waals surface area contributed by atoms with E-state index in [9.17, 15) is 8.42 Å². The molecule has 1 aliphatic heterocycles. The summed E-state index contributed by atoms with van der Waals surface area (Å²) in [4.78, 5) is 0.0878. The van der Waals surface area contributed by atoms with Gasteiger partial charge in [-0.05, 0) is 30.0 Å². The van der Waals surface area contributed by atoms with Gasteiger partial charge in [-0.1, -0.05) is 24.6 Å². The van der Waals surface area contributed by atoms with Crippen LogP contribution in [0.3, 0.4) is 0 Å². The molecule has 0 aromatic heterocycles. The lowest BCUT2D eigenvalue weighted by molar-refractivity contribution is 0.281. The predicted molar refractivity (Wildman–Crippen MR) is 69.9 cm³/mol. The lowest BCUT2D eigenvalue weighted by Crippen LogP contribution is -2.29. The molecule has 0 radical (unpaired) electrons. The lowest BCUT2D eigenvalue weighted by atomic mass is 10.2. The molecule has 1 aromatic carbocycles. The number of hydrogen-bond acceptors (Lipinski definition) is 3. The zero-order chi connectivity index (χ0) is 13.3. The van der Waals surface area contributed by atoms with Crippen LogP contribution in [0.4, 0.5) is 0 Å². The van der Waals surface area contributed by atoms with Crippen LogP contribution in [0.1, 0.15) is 18.9 Å². The molecule has 0 amide bonds. The summed E-state index contributed by atoms with van der Waals surface area (Å²) in [5, 5.41) is 9.28. The summed E-state index contributed by atoms with van der Waals surface area (Å²) < 4.78 is 26.3. The maximum atomic E-state index is 12.4. The third-order valence-electron chi connectivity index (χ3n) is 3.18. The maximum absolute atomic E-state index is 12.4. The Kier molecular flexibility index (Phi) is 3.96. The van der Waals surface area contributed by atoms with Gasteiger partial charge in [-0.15, -0.1) is 0 Å². The number of rotatable bonds is 3. The molecular weight excluding hydrogens is 274 g/mol. The minimum Gasteiger partial charge on any atom is -0.392 e. The second-order valence-corrected chi connectivity index (χ2v) is 6.99. The Morgan fingerprint density at radius 1 is 1.50 bits per heavy atom. The largest absolute Gasteiger partial charge is 0.392 e. The summed E-state index contributed by atoms with van der Waals surface area (Å²) in [6.45, 7) is 2.89. The number of hydrogen-bond donors (Lipinski definition) is 1. The minimum absolute atomic E-state index is 0.0878. The van der Waals surface area contributed by atoms with E-state index in [0.29, 0.717) is 24.6 Å². The van der Waals surface area contributed by atoms with E-state index < -0.39 is 10.0 Å². The van der Waals surface area contributed by atoms with Crippen molar-refractivity contribution < 1.29 is 13.5 Å². The smallest absolute Gasteiger partial charge is 0.244 e. The van der Waals surface area contributed by atoms with Gasteiger partial charge >= 0.3 is 0 Å². The lowest BCUT2D eigenvalue weighted by Gasteiger charge is -2.17. The van der Waals surface area contributed by atoms with Gasteiger partial charge in [0.15, 0.2) is 0 Å². The van der Waals surface area contributed by atoms with Crippen LogP contribution in [-0.4, -0.2) is 30.9 Å². The first-order chi connectivity index (χ1) is 8.45. The minimum atomic E-state index is -3.54. The van der Waals surface area contributed by atoms with Crippen molar-refractivity contribution in [3.63, 3.8) is 0 Å². The van der Waals surface area contributed by atoms with Gasteiger partial charge in [0.25, 0.3) is 0 Å². The van der Waals surface area contributed by atoms with Gasteiger partial charge in [-0.25, -0.2) is 8.42 Å². The van der Waals surface area contributed by atoms with Crippen molar-refractivity contribution in [2.24, 2.45) is 5.92 Å². The molecule has 100 valence electrons. The molecule has 1 N–H and O–H groups in total. The van der Waals surface area contributed by atoms with Crippen molar-refractivity contribution in [1.29, 1.82) is 0 Å². The Hall–Kier alpha value is -0.620. The number of aliphatic hydroxyl groups is 1. The molecule has 1 fully saturated rings. The first-order valence-electron chi connectivity index (χ1n) is 5.84. The van der Waals surface area contributed by atoms with Crippen molar-refractivity contribution >= 4 is 21.6 Å². The van der Waals surface area contributed by atoms with Gasteiger partial charge in [-0.3, -0.25) is 0 Å². The molecule has 0 aliphatic carbocycles. The molecule has 4 nitrogen and oxygen atoms in total. The van der Waals surface area contributed by atoms with E-state index in [4.69, 9.17) is 16.7 Å². The molecule has 6 heteroatoms. The van der Waals surface area contributed by atoms with Crippen LogP contribution < -0.4 is 0 Å². The fourth-order valence-corrected chi connectivity index (χ4v) is 4.20. The SMILES string of the molecule is CC1CCN(S(=O)(=O)c2cc(CO)ccc2Cl)C1. The normalized spacial score (nSPS) is 21.4. The number of sulfonamides is 1. The molecule has 1 atom stereocenters. The molecule has 1 heterocycles. The summed E-state index contributed by atoms with van der Waals surface area (Å²) in [5.41, 5.74) is 0.547. The molecule has 0 bridgehead atoms. The van der Waals surface area contributed by atoms with E-state index in [2.05, 4.69) is 0 Å². The summed E-state index contributed by atoms with van der Waals surface area (Å²) in [6.07, 6.45) is 0.872. The second-order valence-electron chi connectivity index (χ2n) is 4.68. The highest BCUT2D eigenvalue weighted by molar-refractivity contribution is 7.89. The van der Waals surface area contributed by atoms with E-state index >= 15 is 0 Å². The summed E-state index contributed by atoms with van der Waals surface area (Å²) in [6, 6.07) is 4.58. The van der Waals surface area contributed by atoms with Crippen molar-refractivity contribution in [2.75, 3.05) is 13.1 Å². The molecule has 2 rings (SSSR count). The maximum Gasteiger partial charge on any atom is 0.244 e. The summed E-state index contributed by atoms with van der Waals surface area (Å²) >= 11 is 5.97. The highest BCUT2D eigenvalue weighted by atomic mass is 35.5. The fourth-order valence-electron chi connectivity index (χ4n) is 2.10. The number of nitrogens with zero attached hydrogens (tertiary/aromatic N) is 1. The number of aliphatic hydroxyl groups excluding tert-OH is 1. The van der Waals surface area contributed by atoms with Crippen LogP contribution in [0.2, 0.25) is 5.02 Å². The van der Waals surface area contributed by atoms with Crippen molar-refractivity contribution in [1.82, 2.24) is 4.31 Å².